The van der Waals surface area contributed by atoms with E-state index in [-0.39, 0.29) is 0 Å². The lowest BCUT2D eigenvalue weighted by Gasteiger charge is -1.84. The zero-order valence-corrected chi connectivity index (χ0v) is 6.93. The number of hydrogen-bond acceptors (Lipinski definition) is 0. The van der Waals surface area contributed by atoms with Crippen molar-refractivity contribution in [1.29, 1.82) is 0 Å². The Kier molecular flexibility index (Phi) is 7.65. The fourth-order valence-corrected chi connectivity index (χ4v) is 0.638. The maximum absolute atomic E-state index is 2.99. The average Bonchev–Trinajstić information content (AvgIpc) is 1.97. The number of unbranched alkanes of at least 4 members (excludes halogenated alkanes) is 2. The molecule has 0 aliphatic heterocycles. The number of hydrogen-bond donors (Lipinski definition) is 0. The highest BCUT2D eigenvalue weighted by Crippen LogP contribution is 1.94. The Bertz CT molecular complexity index is 134. The molecule has 0 radical (unpaired) electrons. The molecule has 0 amide bonds. The van der Waals surface area contributed by atoms with Gasteiger partial charge in [0.25, 0.3) is 0 Å². The molecule has 0 nitrogen and oxygen atoms in total. The van der Waals surface area contributed by atoms with E-state index in [0.29, 0.717) is 0 Å². The second-order valence-corrected chi connectivity index (χ2v) is 2.19. The molecular formula is C10H16. The maximum atomic E-state index is 2.99. The first-order valence-electron chi connectivity index (χ1n) is 3.94. The average molecular weight is 136 g/mol. The van der Waals surface area contributed by atoms with Crippen LogP contribution in [0.5, 0.6) is 0 Å². The Morgan fingerprint density at radius 3 is 2.80 bits per heavy atom. The summed E-state index contributed by atoms with van der Waals surface area (Å²) in [6.45, 7) is 4.17. The molecule has 0 heterocycles. The predicted octanol–water partition coefficient (Wildman–Crippen LogP) is 3.46. The van der Waals surface area contributed by atoms with Crippen molar-refractivity contribution in [2.75, 3.05) is 0 Å². The molecule has 56 valence electrons. The van der Waals surface area contributed by atoms with Crippen LogP contribution in [0.4, 0.5) is 0 Å². The van der Waals surface area contributed by atoms with Crippen LogP contribution in [0.1, 0.15) is 33.1 Å². The van der Waals surface area contributed by atoms with Crippen molar-refractivity contribution in [2.24, 2.45) is 0 Å². The third-order valence-corrected chi connectivity index (χ3v) is 1.22. The highest BCUT2D eigenvalue weighted by Gasteiger charge is 1.74. The molecule has 0 rings (SSSR count). The molecule has 0 aliphatic rings. The largest absolute Gasteiger partial charge is 0.126 e. The third-order valence-electron chi connectivity index (χ3n) is 1.22. The van der Waals surface area contributed by atoms with Crippen LogP contribution in [0, 0.1) is 0 Å². The zero-order valence-electron chi connectivity index (χ0n) is 6.93. The molecule has 0 saturated carbocycles. The van der Waals surface area contributed by atoms with E-state index in [9.17, 15) is 0 Å². The minimum atomic E-state index is 1.19. The van der Waals surface area contributed by atoms with Gasteiger partial charge in [0.05, 0.1) is 0 Å². The maximum Gasteiger partial charge on any atom is -0.0206 e. The molecule has 0 aliphatic carbocycles. The van der Waals surface area contributed by atoms with Gasteiger partial charge in [0, 0.05) is 0 Å². The molecule has 0 fully saturated rings. The van der Waals surface area contributed by atoms with Crippen molar-refractivity contribution < 1.29 is 0 Å². The lowest BCUT2D eigenvalue weighted by Crippen LogP contribution is -1.64. The topological polar surface area (TPSA) is 0 Å². The second-order valence-electron chi connectivity index (χ2n) is 2.19. The summed E-state index contributed by atoms with van der Waals surface area (Å²) >= 11 is 0. The van der Waals surface area contributed by atoms with Crippen LogP contribution >= 0.6 is 0 Å². The van der Waals surface area contributed by atoms with Gasteiger partial charge in [0.2, 0.25) is 0 Å². The Hall–Kier alpha value is -0.740. The van der Waals surface area contributed by atoms with Gasteiger partial charge in [-0.1, -0.05) is 31.9 Å². The quantitative estimate of drug-likeness (QED) is 0.315. The fraction of sp³-hybridized carbons (Fsp3) is 0.500. The van der Waals surface area contributed by atoms with Crippen molar-refractivity contribution >= 4 is 0 Å². The standard InChI is InChI=1S/C10H16/c1-3-5-7-9-10-8-6-4-2/h3,7,9-10H,4,6,8H2,1-2H3. The highest BCUT2D eigenvalue weighted by atomic mass is 13.8. The summed E-state index contributed by atoms with van der Waals surface area (Å²) in [6, 6.07) is 0. The van der Waals surface area contributed by atoms with Gasteiger partial charge < -0.3 is 0 Å². The normalized spacial score (nSPS) is 9.40. The van der Waals surface area contributed by atoms with E-state index in [4.69, 9.17) is 0 Å². The van der Waals surface area contributed by atoms with Gasteiger partial charge in [-0.05, 0) is 25.5 Å². The molecule has 0 atom stereocenters. The Morgan fingerprint density at radius 1 is 1.40 bits per heavy atom. The van der Waals surface area contributed by atoms with Crippen molar-refractivity contribution in [3.05, 3.63) is 30.0 Å². The minimum absolute atomic E-state index is 1.19. The molecular weight excluding hydrogens is 120 g/mol. The van der Waals surface area contributed by atoms with Crippen LogP contribution in [0.2, 0.25) is 0 Å². The Balaban J connectivity index is 3.29. The molecule has 0 N–H and O–H groups in total. The fourth-order valence-electron chi connectivity index (χ4n) is 0.638. The third kappa shape index (κ3) is 7.26. The smallest absolute Gasteiger partial charge is 0.0206 e. The van der Waals surface area contributed by atoms with Gasteiger partial charge in [-0.2, -0.15) is 0 Å². The molecule has 0 saturated heterocycles. The van der Waals surface area contributed by atoms with Gasteiger partial charge in [-0.15, -0.1) is 5.73 Å². The van der Waals surface area contributed by atoms with Gasteiger partial charge in [0.15, 0.2) is 0 Å². The summed E-state index contributed by atoms with van der Waals surface area (Å²) < 4.78 is 0. The van der Waals surface area contributed by atoms with Crippen LogP contribution in [-0.2, 0) is 0 Å². The van der Waals surface area contributed by atoms with Gasteiger partial charge in [-0.3, -0.25) is 0 Å². The lowest BCUT2D eigenvalue weighted by molar-refractivity contribution is 0.815. The lowest BCUT2D eigenvalue weighted by atomic mass is 10.2. The Labute approximate surface area is 64.0 Å². The van der Waals surface area contributed by atoms with Crippen LogP contribution in [0.15, 0.2) is 30.0 Å². The zero-order chi connectivity index (χ0) is 7.66. The summed E-state index contributed by atoms with van der Waals surface area (Å²) in [4.78, 5) is 0. The molecule has 0 aromatic heterocycles. The highest BCUT2D eigenvalue weighted by molar-refractivity contribution is 5.01. The van der Waals surface area contributed by atoms with E-state index in [1.54, 1.807) is 0 Å². The molecule has 0 heteroatoms. The van der Waals surface area contributed by atoms with Crippen LogP contribution < -0.4 is 0 Å². The molecule has 0 spiro atoms. The van der Waals surface area contributed by atoms with Crippen LogP contribution in [-0.4, -0.2) is 0 Å². The Morgan fingerprint density at radius 2 is 2.20 bits per heavy atom. The molecule has 0 bridgehead atoms. The molecule has 0 unspecified atom stereocenters. The van der Waals surface area contributed by atoms with E-state index < -0.39 is 0 Å². The summed E-state index contributed by atoms with van der Waals surface area (Å²) in [5.74, 6) is 0. The SMILES string of the molecule is CC=C=CC=CCCCC. The van der Waals surface area contributed by atoms with E-state index in [1.165, 1.54) is 19.3 Å². The molecule has 0 aromatic carbocycles. The van der Waals surface area contributed by atoms with Crippen LogP contribution in [0.25, 0.3) is 0 Å². The first-order chi connectivity index (χ1) is 4.91. The van der Waals surface area contributed by atoms with Crippen molar-refractivity contribution in [3.63, 3.8) is 0 Å². The van der Waals surface area contributed by atoms with E-state index >= 15 is 0 Å². The van der Waals surface area contributed by atoms with Crippen molar-refractivity contribution in [2.45, 2.75) is 33.1 Å². The van der Waals surface area contributed by atoms with Crippen molar-refractivity contribution in [1.82, 2.24) is 0 Å². The predicted molar refractivity (Wildman–Crippen MR) is 47.0 cm³/mol. The number of allylic oxidation sites excluding steroid dienone is 3. The summed E-state index contributed by atoms with van der Waals surface area (Å²) in [7, 11) is 0. The number of rotatable bonds is 4. The monoisotopic (exact) mass is 136 g/mol. The first kappa shape index (κ1) is 9.26. The van der Waals surface area contributed by atoms with E-state index in [0.717, 1.165) is 0 Å². The van der Waals surface area contributed by atoms with Gasteiger partial charge in [0.1, 0.15) is 0 Å². The minimum Gasteiger partial charge on any atom is -0.126 e. The van der Waals surface area contributed by atoms with E-state index in [2.05, 4.69) is 24.8 Å². The first-order valence-corrected chi connectivity index (χ1v) is 3.94. The second kappa shape index (κ2) is 8.26. The summed E-state index contributed by atoms with van der Waals surface area (Å²) in [6.07, 6.45) is 11.8. The summed E-state index contributed by atoms with van der Waals surface area (Å²) in [5.41, 5.74) is 2.99. The summed E-state index contributed by atoms with van der Waals surface area (Å²) in [5, 5.41) is 0. The van der Waals surface area contributed by atoms with Gasteiger partial charge >= 0.3 is 0 Å². The molecule has 10 heavy (non-hydrogen) atoms. The van der Waals surface area contributed by atoms with E-state index in [1.807, 2.05) is 19.1 Å². The van der Waals surface area contributed by atoms with Crippen molar-refractivity contribution in [3.8, 4) is 0 Å². The van der Waals surface area contributed by atoms with Crippen LogP contribution in [0.3, 0.4) is 0 Å². The van der Waals surface area contributed by atoms with Gasteiger partial charge in [-0.25, -0.2) is 0 Å². The molecule has 0 aromatic rings.